The first-order valence-corrected chi connectivity index (χ1v) is 10.0. The summed E-state index contributed by atoms with van der Waals surface area (Å²) in [6, 6.07) is 5.32. The van der Waals surface area contributed by atoms with Crippen LogP contribution in [0.3, 0.4) is 0 Å². The molecule has 3 amide bonds. The lowest BCUT2D eigenvalue weighted by Gasteiger charge is -2.29. The van der Waals surface area contributed by atoms with E-state index in [4.69, 9.17) is 9.47 Å². The Morgan fingerprint density at radius 2 is 1.82 bits per heavy atom. The van der Waals surface area contributed by atoms with Gasteiger partial charge in [-0.3, -0.25) is 10.1 Å². The van der Waals surface area contributed by atoms with Gasteiger partial charge in [0.1, 0.15) is 5.75 Å². The molecule has 0 heterocycles. The first-order chi connectivity index (χ1) is 13.5. The lowest BCUT2D eigenvalue weighted by Crippen LogP contribution is -2.48. The monoisotopic (exact) mass is 388 g/mol. The molecule has 0 aromatic heterocycles. The maximum absolute atomic E-state index is 11.9. The number of hydrogen-bond donors (Lipinski definition) is 2. The maximum Gasteiger partial charge on any atom is 0.344 e. The third-order valence-electron chi connectivity index (χ3n) is 5.47. The number of rotatable bonds is 6. The zero-order valence-corrected chi connectivity index (χ0v) is 16.3. The average molecular weight is 388 g/mol. The van der Waals surface area contributed by atoms with E-state index < -0.39 is 24.5 Å². The molecular weight excluding hydrogens is 360 g/mol. The molecule has 3 rings (SSSR count). The molecule has 2 aliphatic carbocycles. The van der Waals surface area contributed by atoms with Crippen molar-refractivity contribution in [3.8, 4) is 5.75 Å². The molecule has 0 spiro atoms. The zero-order valence-electron chi connectivity index (χ0n) is 16.3. The van der Waals surface area contributed by atoms with Gasteiger partial charge in [-0.05, 0) is 61.3 Å². The van der Waals surface area contributed by atoms with E-state index in [9.17, 15) is 14.4 Å². The van der Waals surface area contributed by atoms with Gasteiger partial charge in [0.25, 0.3) is 5.91 Å². The summed E-state index contributed by atoms with van der Waals surface area (Å²) in [6.45, 7) is 1.30. The maximum atomic E-state index is 11.9. The van der Waals surface area contributed by atoms with E-state index in [0.717, 1.165) is 38.5 Å². The normalized spacial score (nSPS) is 20.8. The molecule has 2 unspecified atom stereocenters. The standard InChI is InChI=1S/C21H28N2O5/c1-14-5-2-3-8-18(14)22-21(26)23-19(24)12-28-20(25)13-27-17-10-9-15-6-4-7-16(15)11-17/h9-11,14,18H,2-8,12-13H2,1H3,(H2,22,23,24,26). The molecule has 1 aromatic rings. The summed E-state index contributed by atoms with van der Waals surface area (Å²) in [6.07, 6.45) is 7.48. The van der Waals surface area contributed by atoms with E-state index in [-0.39, 0.29) is 12.6 Å². The number of amides is 3. The predicted molar refractivity (Wildman–Crippen MR) is 103 cm³/mol. The van der Waals surface area contributed by atoms with Gasteiger partial charge < -0.3 is 14.8 Å². The molecule has 0 bridgehead atoms. The first-order valence-electron chi connectivity index (χ1n) is 10.0. The molecule has 0 radical (unpaired) electrons. The predicted octanol–water partition coefficient (Wildman–Crippen LogP) is 2.50. The van der Waals surface area contributed by atoms with Crippen LogP contribution in [-0.2, 0) is 27.2 Å². The number of carbonyl (C=O) groups is 3. The second-order valence-electron chi connectivity index (χ2n) is 7.62. The van der Waals surface area contributed by atoms with Crippen molar-refractivity contribution >= 4 is 17.9 Å². The number of urea groups is 1. The molecule has 2 atom stereocenters. The van der Waals surface area contributed by atoms with Crippen molar-refractivity contribution in [2.75, 3.05) is 13.2 Å². The summed E-state index contributed by atoms with van der Waals surface area (Å²) in [5, 5.41) is 5.02. The number of esters is 1. The molecule has 7 nitrogen and oxygen atoms in total. The summed E-state index contributed by atoms with van der Waals surface area (Å²) in [4.78, 5) is 35.5. The summed E-state index contributed by atoms with van der Waals surface area (Å²) in [5.41, 5.74) is 2.58. The second-order valence-corrected chi connectivity index (χ2v) is 7.62. The second kappa shape index (κ2) is 9.57. The minimum Gasteiger partial charge on any atom is -0.482 e. The summed E-state index contributed by atoms with van der Waals surface area (Å²) in [5.74, 6) is -0.310. The molecule has 1 aromatic carbocycles. The SMILES string of the molecule is CC1CCCCC1NC(=O)NC(=O)COC(=O)COc1ccc2c(c1)CCC2. The number of benzene rings is 1. The molecule has 0 aliphatic heterocycles. The van der Waals surface area contributed by atoms with Crippen LogP contribution < -0.4 is 15.4 Å². The van der Waals surface area contributed by atoms with Crippen molar-refractivity contribution < 1.29 is 23.9 Å². The first kappa shape index (κ1) is 20.2. The fraction of sp³-hybridized carbons (Fsp3) is 0.571. The fourth-order valence-corrected chi connectivity index (χ4v) is 3.87. The van der Waals surface area contributed by atoms with Crippen molar-refractivity contribution in [1.29, 1.82) is 0 Å². The molecule has 7 heteroatoms. The van der Waals surface area contributed by atoms with Crippen LogP contribution in [-0.4, -0.2) is 37.2 Å². The minimum atomic E-state index is -0.660. The number of aryl methyl sites for hydroxylation is 2. The van der Waals surface area contributed by atoms with E-state index >= 15 is 0 Å². The molecule has 28 heavy (non-hydrogen) atoms. The number of carbonyl (C=O) groups excluding carboxylic acids is 3. The van der Waals surface area contributed by atoms with Crippen LogP contribution in [0.1, 0.15) is 50.2 Å². The Kier molecular flexibility index (Phi) is 6.90. The lowest BCUT2D eigenvalue weighted by molar-refractivity contribution is -0.150. The molecule has 2 aliphatic rings. The van der Waals surface area contributed by atoms with Gasteiger partial charge in [-0.2, -0.15) is 0 Å². The highest BCUT2D eigenvalue weighted by Crippen LogP contribution is 2.26. The van der Waals surface area contributed by atoms with E-state index in [1.54, 1.807) is 0 Å². The smallest absolute Gasteiger partial charge is 0.344 e. The largest absolute Gasteiger partial charge is 0.482 e. The highest BCUT2D eigenvalue weighted by molar-refractivity contribution is 5.95. The van der Waals surface area contributed by atoms with E-state index in [1.807, 2.05) is 18.2 Å². The van der Waals surface area contributed by atoms with Gasteiger partial charge in [-0.15, -0.1) is 0 Å². The lowest BCUT2D eigenvalue weighted by atomic mass is 9.86. The van der Waals surface area contributed by atoms with Crippen molar-refractivity contribution in [2.24, 2.45) is 5.92 Å². The molecule has 0 saturated heterocycles. The van der Waals surface area contributed by atoms with Crippen LogP contribution in [0.4, 0.5) is 4.79 Å². The Labute approximate surface area is 165 Å². The summed E-state index contributed by atoms with van der Waals surface area (Å²) < 4.78 is 10.3. The average Bonchev–Trinajstić information content (AvgIpc) is 3.14. The Morgan fingerprint density at radius 3 is 2.64 bits per heavy atom. The van der Waals surface area contributed by atoms with Gasteiger partial charge in [0.2, 0.25) is 0 Å². The highest BCUT2D eigenvalue weighted by Gasteiger charge is 2.23. The van der Waals surface area contributed by atoms with Crippen molar-refractivity contribution in [2.45, 2.75) is 57.9 Å². The Morgan fingerprint density at radius 1 is 1.04 bits per heavy atom. The van der Waals surface area contributed by atoms with Gasteiger partial charge in [0.05, 0.1) is 0 Å². The minimum absolute atomic E-state index is 0.0739. The van der Waals surface area contributed by atoms with Crippen molar-refractivity contribution in [1.82, 2.24) is 10.6 Å². The van der Waals surface area contributed by atoms with Crippen LogP contribution in [0.15, 0.2) is 18.2 Å². The molecule has 2 N–H and O–H groups in total. The van der Waals surface area contributed by atoms with Crippen LogP contribution >= 0.6 is 0 Å². The number of fused-ring (bicyclic) bond motifs is 1. The Bertz CT molecular complexity index is 734. The van der Waals surface area contributed by atoms with Gasteiger partial charge >= 0.3 is 12.0 Å². The van der Waals surface area contributed by atoms with Crippen LogP contribution in [0, 0.1) is 5.92 Å². The van der Waals surface area contributed by atoms with Crippen molar-refractivity contribution in [3.05, 3.63) is 29.3 Å². The van der Waals surface area contributed by atoms with Gasteiger partial charge in [-0.1, -0.05) is 25.8 Å². The number of imide groups is 1. The molecular formula is C21H28N2O5. The van der Waals surface area contributed by atoms with Gasteiger partial charge in [-0.25, -0.2) is 9.59 Å². The Hall–Kier alpha value is -2.57. The van der Waals surface area contributed by atoms with E-state index in [1.165, 1.54) is 17.5 Å². The molecule has 1 fully saturated rings. The van der Waals surface area contributed by atoms with E-state index in [2.05, 4.69) is 17.6 Å². The van der Waals surface area contributed by atoms with Crippen LogP contribution in [0.2, 0.25) is 0 Å². The Balaban J connectivity index is 1.33. The summed E-state index contributed by atoms with van der Waals surface area (Å²) >= 11 is 0. The third kappa shape index (κ3) is 5.71. The fourth-order valence-electron chi connectivity index (χ4n) is 3.87. The number of nitrogens with one attached hydrogen (secondary N) is 2. The third-order valence-corrected chi connectivity index (χ3v) is 5.47. The molecule has 152 valence electrons. The number of ether oxygens (including phenoxy) is 2. The van der Waals surface area contributed by atoms with Crippen molar-refractivity contribution in [3.63, 3.8) is 0 Å². The van der Waals surface area contributed by atoms with Crippen LogP contribution in [0.5, 0.6) is 5.75 Å². The number of hydrogen-bond acceptors (Lipinski definition) is 5. The van der Waals surface area contributed by atoms with Crippen LogP contribution in [0.25, 0.3) is 0 Å². The summed E-state index contributed by atoms with van der Waals surface area (Å²) in [7, 11) is 0. The van der Waals surface area contributed by atoms with Gasteiger partial charge in [0.15, 0.2) is 13.2 Å². The quantitative estimate of drug-likeness (QED) is 0.731. The van der Waals surface area contributed by atoms with E-state index in [0.29, 0.717) is 11.7 Å². The zero-order chi connectivity index (χ0) is 19.9. The highest BCUT2D eigenvalue weighted by atomic mass is 16.6. The van der Waals surface area contributed by atoms with Gasteiger partial charge in [0, 0.05) is 6.04 Å². The topological polar surface area (TPSA) is 93.7 Å². The molecule has 1 saturated carbocycles.